The first-order valence-corrected chi connectivity index (χ1v) is 9.15. The van der Waals surface area contributed by atoms with Crippen molar-refractivity contribution in [2.24, 2.45) is 0 Å². The number of benzene rings is 1. The first kappa shape index (κ1) is 16.0. The largest absolute Gasteiger partial charge is 0.350 e. The smallest absolute Gasteiger partial charge is 0.259 e. The first-order chi connectivity index (χ1) is 13.2. The summed E-state index contributed by atoms with van der Waals surface area (Å²) >= 11 is 0. The van der Waals surface area contributed by atoms with Gasteiger partial charge < -0.3 is 14.4 Å². The third-order valence-electron chi connectivity index (χ3n) is 5.04. The number of aromatic nitrogens is 4. The van der Waals surface area contributed by atoms with Crippen molar-refractivity contribution in [3.8, 4) is 0 Å². The highest BCUT2D eigenvalue weighted by molar-refractivity contribution is 6.06. The summed E-state index contributed by atoms with van der Waals surface area (Å²) in [6.07, 6.45) is 4.03. The van der Waals surface area contributed by atoms with Crippen LogP contribution in [0.1, 0.15) is 40.5 Å². The van der Waals surface area contributed by atoms with Crippen molar-refractivity contribution in [2.45, 2.75) is 32.2 Å². The molecule has 0 spiro atoms. The molecule has 27 heavy (non-hydrogen) atoms. The van der Waals surface area contributed by atoms with Gasteiger partial charge in [0.1, 0.15) is 0 Å². The molecule has 5 rings (SSSR count). The van der Waals surface area contributed by atoms with Crippen LogP contribution in [-0.4, -0.2) is 32.1 Å². The van der Waals surface area contributed by atoms with Crippen LogP contribution < -0.4 is 5.32 Å². The summed E-state index contributed by atoms with van der Waals surface area (Å²) in [7, 11) is 0. The van der Waals surface area contributed by atoms with Crippen molar-refractivity contribution in [3.05, 3.63) is 53.6 Å². The first-order valence-electron chi connectivity index (χ1n) is 9.15. The van der Waals surface area contributed by atoms with E-state index in [0.29, 0.717) is 41.4 Å². The Morgan fingerprint density at radius 1 is 1.33 bits per heavy atom. The highest BCUT2D eigenvalue weighted by atomic mass is 16.5. The molecule has 1 aromatic carbocycles. The lowest BCUT2D eigenvalue weighted by atomic mass is 10.1. The van der Waals surface area contributed by atoms with Gasteiger partial charge in [-0.25, -0.2) is 9.97 Å². The lowest BCUT2D eigenvalue weighted by Crippen LogP contribution is -2.27. The van der Waals surface area contributed by atoms with Crippen molar-refractivity contribution < 1.29 is 9.32 Å². The zero-order chi connectivity index (χ0) is 18.4. The number of rotatable bonds is 5. The minimum absolute atomic E-state index is 0.125. The molecular formula is C20H19N5O2. The van der Waals surface area contributed by atoms with Crippen molar-refractivity contribution in [1.82, 2.24) is 25.0 Å². The number of nitrogens with zero attached hydrogens (tertiary/aromatic N) is 4. The topological polar surface area (TPSA) is 85.8 Å². The van der Waals surface area contributed by atoms with Crippen LogP contribution in [0, 0.1) is 6.92 Å². The molecule has 0 atom stereocenters. The number of nitrogens with one attached hydrogen (secondary N) is 1. The number of pyridine rings is 1. The predicted octanol–water partition coefficient (Wildman–Crippen LogP) is 3.19. The van der Waals surface area contributed by atoms with Gasteiger partial charge in [0.25, 0.3) is 11.6 Å². The van der Waals surface area contributed by atoms with Crippen molar-refractivity contribution in [2.75, 3.05) is 6.54 Å². The number of aryl methyl sites for hydroxylation is 1. The molecule has 0 aliphatic heterocycles. The standard InChI is InChI=1S/C20H19N5O2/c1-12-18-14(10-16(13-6-7-13)23-20(18)27-24-12)19(26)21-8-9-25-11-22-15-4-2-3-5-17(15)25/h2-5,10-11,13H,6-9H2,1H3,(H,21,26). The van der Waals surface area contributed by atoms with E-state index >= 15 is 0 Å². The Bertz CT molecular complexity index is 1160. The fraction of sp³-hybridized carbons (Fsp3) is 0.300. The molecule has 1 N–H and O–H groups in total. The molecule has 3 heterocycles. The van der Waals surface area contributed by atoms with E-state index in [2.05, 4.69) is 20.4 Å². The molecule has 136 valence electrons. The average molecular weight is 361 g/mol. The van der Waals surface area contributed by atoms with Gasteiger partial charge in [0.05, 0.1) is 34.0 Å². The second-order valence-corrected chi connectivity index (χ2v) is 7.00. The van der Waals surface area contributed by atoms with Crippen molar-refractivity contribution >= 4 is 28.0 Å². The number of hydrogen-bond acceptors (Lipinski definition) is 5. The third kappa shape index (κ3) is 2.85. The summed E-state index contributed by atoms with van der Waals surface area (Å²) in [6.45, 7) is 2.99. The summed E-state index contributed by atoms with van der Waals surface area (Å²) in [4.78, 5) is 21.8. The van der Waals surface area contributed by atoms with Gasteiger partial charge in [-0.15, -0.1) is 0 Å². The zero-order valence-corrected chi connectivity index (χ0v) is 15.0. The van der Waals surface area contributed by atoms with Gasteiger partial charge in [-0.2, -0.15) is 0 Å². The van der Waals surface area contributed by atoms with Crippen LogP contribution in [0.4, 0.5) is 0 Å². The minimum atomic E-state index is -0.125. The van der Waals surface area contributed by atoms with Gasteiger partial charge in [-0.3, -0.25) is 4.79 Å². The molecule has 7 heteroatoms. The molecule has 0 bridgehead atoms. The average Bonchev–Trinajstić information content (AvgIpc) is 3.37. The Hall–Kier alpha value is -3.22. The van der Waals surface area contributed by atoms with Gasteiger partial charge in [0.15, 0.2) is 0 Å². The fourth-order valence-electron chi connectivity index (χ4n) is 3.45. The van der Waals surface area contributed by atoms with Crippen molar-refractivity contribution in [1.29, 1.82) is 0 Å². The van der Waals surface area contributed by atoms with Crippen LogP contribution in [0.5, 0.6) is 0 Å². The van der Waals surface area contributed by atoms with Gasteiger partial charge >= 0.3 is 0 Å². The number of fused-ring (bicyclic) bond motifs is 2. The van der Waals surface area contributed by atoms with E-state index in [1.807, 2.05) is 41.8 Å². The Kier molecular flexibility index (Phi) is 3.67. The molecule has 7 nitrogen and oxygen atoms in total. The van der Waals surface area contributed by atoms with Crippen LogP contribution in [0.25, 0.3) is 22.1 Å². The van der Waals surface area contributed by atoms with Crippen LogP contribution in [0.15, 0.2) is 41.2 Å². The van der Waals surface area contributed by atoms with E-state index < -0.39 is 0 Å². The molecular weight excluding hydrogens is 342 g/mol. The third-order valence-corrected chi connectivity index (χ3v) is 5.04. The zero-order valence-electron chi connectivity index (χ0n) is 15.0. The summed E-state index contributed by atoms with van der Waals surface area (Å²) in [6, 6.07) is 9.85. The quantitative estimate of drug-likeness (QED) is 0.590. The van der Waals surface area contributed by atoms with Gasteiger partial charge in [0, 0.05) is 24.7 Å². The Balaban J connectivity index is 1.37. The second kappa shape index (κ2) is 6.19. The summed E-state index contributed by atoms with van der Waals surface area (Å²) in [5.74, 6) is 0.309. The fourth-order valence-corrected chi connectivity index (χ4v) is 3.45. The van der Waals surface area contributed by atoms with E-state index in [4.69, 9.17) is 4.52 Å². The van der Waals surface area contributed by atoms with E-state index in [9.17, 15) is 4.79 Å². The molecule has 0 radical (unpaired) electrons. The molecule has 1 saturated carbocycles. The SMILES string of the molecule is Cc1noc2nc(C3CC3)cc(C(=O)NCCn3cnc4ccccc43)c12. The number of para-hydroxylation sites is 2. The van der Waals surface area contributed by atoms with Gasteiger partial charge in [-0.05, 0) is 38.0 Å². The molecule has 1 aliphatic rings. The highest BCUT2D eigenvalue weighted by Gasteiger charge is 2.28. The van der Waals surface area contributed by atoms with E-state index in [1.54, 1.807) is 6.33 Å². The monoisotopic (exact) mass is 361 g/mol. The van der Waals surface area contributed by atoms with E-state index in [1.165, 1.54) is 0 Å². The molecule has 1 aliphatic carbocycles. The minimum Gasteiger partial charge on any atom is -0.350 e. The molecule has 0 unspecified atom stereocenters. The molecule has 1 amide bonds. The Morgan fingerprint density at radius 3 is 3.04 bits per heavy atom. The number of carbonyl (C=O) groups excluding carboxylic acids is 1. The maximum Gasteiger partial charge on any atom is 0.259 e. The Labute approximate surface area is 155 Å². The lowest BCUT2D eigenvalue weighted by molar-refractivity contribution is 0.0954. The molecule has 0 saturated heterocycles. The molecule has 4 aromatic rings. The van der Waals surface area contributed by atoms with Crippen LogP contribution >= 0.6 is 0 Å². The maximum atomic E-state index is 12.9. The molecule has 3 aromatic heterocycles. The van der Waals surface area contributed by atoms with Crippen molar-refractivity contribution in [3.63, 3.8) is 0 Å². The summed E-state index contributed by atoms with van der Waals surface area (Å²) < 4.78 is 7.36. The van der Waals surface area contributed by atoms with Crippen LogP contribution in [0.2, 0.25) is 0 Å². The van der Waals surface area contributed by atoms with Gasteiger partial charge in [-0.1, -0.05) is 17.3 Å². The number of carbonyl (C=O) groups is 1. The number of amides is 1. The lowest BCUT2D eigenvalue weighted by Gasteiger charge is -2.09. The number of imidazole rings is 1. The van der Waals surface area contributed by atoms with Crippen LogP contribution in [-0.2, 0) is 6.54 Å². The van der Waals surface area contributed by atoms with E-state index in [-0.39, 0.29) is 5.91 Å². The molecule has 1 fully saturated rings. The second-order valence-electron chi connectivity index (χ2n) is 7.00. The Morgan fingerprint density at radius 2 is 2.19 bits per heavy atom. The van der Waals surface area contributed by atoms with Crippen LogP contribution in [0.3, 0.4) is 0 Å². The maximum absolute atomic E-state index is 12.9. The van der Waals surface area contributed by atoms with Gasteiger partial charge in [0.2, 0.25) is 0 Å². The number of hydrogen-bond donors (Lipinski definition) is 1. The predicted molar refractivity (Wildman–Crippen MR) is 101 cm³/mol. The highest BCUT2D eigenvalue weighted by Crippen LogP contribution is 2.40. The van der Waals surface area contributed by atoms with E-state index in [0.717, 1.165) is 29.6 Å². The summed E-state index contributed by atoms with van der Waals surface area (Å²) in [5.41, 5.74) is 4.66. The normalized spacial score (nSPS) is 14.1. The summed E-state index contributed by atoms with van der Waals surface area (Å²) in [5, 5.41) is 7.70.